The molecule has 3 aromatic rings. The molecule has 0 saturated carbocycles. The van der Waals surface area contributed by atoms with Crippen LogP contribution in [0.2, 0.25) is 5.02 Å². The second-order valence-electron chi connectivity index (χ2n) is 4.66. The predicted molar refractivity (Wildman–Crippen MR) is 87.3 cm³/mol. The van der Waals surface area contributed by atoms with Gasteiger partial charge in [-0.1, -0.05) is 23.7 Å². The molecule has 0 aliphatic heterocycles. The number of methoxy groups -OCH3 is 1. The van der Waals surface area contributed by atoms with Gasteiger partial charge in [-0.15, -0.1) is 0 Å². The third kappa shape index (κ3) is 3.32. The zero-order chi connectivity index (χ0) is 16.2. The Hall–Kier alpha value is -2.86. The molecule has 0 unspecified atom stereocenters. The second-order valence-corrected chi connectivity index (χ2v) is 5.10. The number of hydrogen-bond donors (Lipinski definition) is 1. The summed E-state index contributed by atoms with van der Waals surface area (Å²) in [4.78, 5) is 16.5. The van der Waals surface area contributed by atoms with Gasteiger partial charge in [-0.05, 0) is 24.3 Å². The number of nitrogens with zero attached hydrogens (tertiary/aromatic N) is 3. The molecule has 7 heteroatoms. The number of carbonyl (C=O) groups excluding carboxylic acids is 1. The Balaban J connectivity index is 1.77. The van der Waals surface area contributed by atoms with E-state index in [1.165, 1.54) is 13.3 Å². The number of carbonyl (C=O) groups is 1. The fourth-order valence-corrected chi connectivity index (χ4v) is 2.19. The van der Waals surface area contributed by atoms with Crippen molar-refractivity contribution < 1.29 is 9.53 Å². The predicted octanol–water partition coefficient (Wildman–Crippen LogP) is 3.18. The molecule has 0 bridgehead atoms. The molecule has 0 saturated heterocycles. The van der Waals surface area contributed by atoms with E-state index in [0.29, 0.717) is 27.8 Å². The molecule has 3 rings (SSSR count). The highest BCUT2D eigenvalue weighted by molar-refractivity contribution is 6.30. The van der Waals surface area contributed by atoms with Crippen molar-refractivity contribution in [3.05, 3.63) is 65.6 Å². The van der Waals surface area contributed by atoms with E-state index in [1.807, 2.05) is 0 Å². The highest BCUT2D eigenvalue weighted by Gasteiger charge is 2.12. The van der Waals surface area contributed by atoms with Crippen LogP contribution in [0.1, 0.15) is 10.4 Å². The molecule has 23 heavy (non-hydrogen) atoms. The molecule has 0 fully saturated rings. The molecule has 1 aromatic carbocycles. The second kappa shape index (κ2) is 6.50. The van der Waals surface area contributed by atoms with E-state index in [9.17, 15) is 4.79 Å². The van der Waals surface area contributed by atoms with Crippen LogP contribution in [-0.4, -0.2) is 27.8 Å². The molecule has 0 atom stereocenters. The van der Waals surface area contributed by atoms with E-state index >= 15 is 0 Å². The van der Waals surface area contributed by atoms with Crippen LogP contribution in [0.3, 0.4) is 0 Å². The van der Waals surface area contributed by atoms with Crippen LogP contribution in [0, 0.1) is 0 Å². The van der Waals surface area contributed by atoms with Gasteiger partial charge in [-0.2, -0.15) is 5.10 Å². The molecular formula is C16H13ClN4O2. The van der Waals surface area contributed by atoms with Gasteiger partial charge in [0, 0.05) is 0 Å². The lowest BCUT2D eigenvalue weighted by Gasteiger charge is -2.09. The summed E-state index contributed by atoms with van der Waals surface area (Å²) in [5, 5.41) is 7.37. The van der Waals surface area contributed by atoms with Crippen LogP contribution in [0.25, 0.3) is 5.82 Å². The van der Waals surface area contributed by atoms with Crippen LogP contribution in [0.5, 0.6) is 5.75 Å². The first kappa shape index (κ1) is 15.1. The third-order valence-corrected chi connectivity index (χ3v) is 3.34. The fourth-order valence-electron chi connectivity index (χ4n) is 2.05. The summed E-state index contributed by atoms with van der Waals surface area (Å²) in [7, 11) is 1.53. The van der Waals surface area contributed by atoms with Crippen molar-refractivity contribution in [3.8, 4) is 11.6 Å². The molecule has 2 aromatic heterocycles. The van der Waals surface area contributed by atoms with E-state index in [2.05, 4.69) is 15.4 Å². The first-order valence-electron chi connectivity index (χ1n) is 6.78. The summed E-state index contributed by atoms with van der Waals surface area (Å²) >= 11 is 5.83. The Morgan fingerprint density at radius 3 is 2.70 bits per heavy atom. The molecule has 0 spiro atoms. The lowest BCUT2D eigenvalue weighted by atomic mass is 10.2. The van der Waals surface area contributed by atoms with Crippen LogP contribution in [0.4, 0.5) is 5.69 Å². The monoisotopic (exact) mass is 328 g/mol. The number of para-hydroxylation sites is 1. The number of ether oxygens (including phenoxy) is 1. The van der Waals surface area contributed by atoms with E-state index in [1.54, 1.807) is 53.5 Å². The Labute approximate surface area is 137 Å². The van der Waals surface area contributed by atoms with Gasteiger partial charge in [0.15, 0.2) is 5.82 Å². The maximum atomic E-state index is 12.3. The highest BCUT2D eigenvalue weighted by atomic mass is 35.5. The Bertz CT molecular complexity index is 830. The first-order chi connectivity index (χ1) is 11.2. The third-order valence-electron chi connectivity index (χ3n) is 3.14. The molecule has 0 aliphatic rings. The number of nitrogens with one attached hydrogen (secondary N) is 1. The zero-order valence-electron chi connectivity index (χ0n) is 12.2. The summed E-state index contributed by atoms with van der Waals surface area (Å²) in [5.41, 5.74) is 1.03. The summed E-state index contributed by atoms with van der Waals surface area (Å²) in [6, 6.07) is 10.5. The highest BCUT2D eigenvalue weighted by Crippen LogP contribution is 2.19. The average molecular weight is 329 g/mol. The summed E-state index contributed by atoms with van der Waals surface area (Å²) in [6.45, 7) is 0. The van der Waals surface area contributed by atoms with Crippen LogP contribution in [0.15, 0.2) is 55.0 Å². The number of anilines is 1. The van der Waals surface area contributed by atoms with Gasteiger partial charge in [-0.3, -0.25) is 4.79 Å². The molecular weight excluding hydrogens is 316 g/mol. The van der Waals surface area contributed by atoms with Crippen molar-refractivity contribution in [2.75, 3.05) is 12.4 Å². The number of halogens is 1. The zero-order valence-corrected chi connectivity index (χ0v) is 13.0. The average Bonchev–Trinajstić information content (AvgIpc) is 3.02. The van der Waals surface area contributed by atoms with Gasteiger partial charge >= 0.3 is 0 Å². The SMILES string of the molecule is COc1ccccc1C(=O)Nc1ccc(-n2cc(Cl)cn2)nc1. The summed E-state index contributed by atoms with van der Waals surface area (Å²) in [6.07, 6.45) is 4.73. The number of hydrogen-bond acceptors (Lipinski definition) is 4. The molecule has 116 valence electrons. The standard InChI is InChI=1S/C16H13ClN4O2/c1-23-14-5-3-2-4-13(14)16(22)20-12-6-7-15(18-9-12)21-10-11(17)8-19-21/h2-10H,1H3,(H,20,22). The van der Waals surface area contributed by atoms with Gasteiger partial charge < -0.3 is 10.1 Å². The van der Waals surface area contributed by atoms with Crippen LogP contribution >= 0.6 is 11.6 Å². The first-order valence-corrected chi connectivity index (χ1v) is 7.16. The van der Waals surface area contributed by atoms with Crippen molar-refractivity contribution in [2.24, 2.45) is 0 Å². The minimum Gasteiger partial charge on any atom is -0.496 e. The number of rotatable bonds is 4. The van der Waals surface area contributed by atoms with Gasteiger partial charge in [0.05, 0.1) is 42.0 Å². The normalized spacial score (nSPS) is 10.3. The largest absolute Gasteiger partial charge is 0.496 e. The van der Waals surface area contributed by atoms with Gasteiger partial charge in [0.25, 0.3) is 5.91 Å². The van der Waals surface area contributed by atoms with Crippen molar-refractivity contribution in [3.63, 3.8) is 0 Å². The van der Waals surface area contributed by atoms with Crippen molar-refractivity contribution in [1.29, 1.82) is 0 Å². The fraction of sp³-hybridized carbons (Fsp3) is 0.0625. The van der Waals surface area contributed by atoms with Crippen molar-refractivity contribution >= 4 is 23.2 Å². The number of benzene rings is 1. The minimum absolute atomic E-state index is 0.265. The Morgan fingerprint density at radius 1 is 1.22 bits per heavy atom. The molecule has 1 N–H and O–H groups in total. The maximum Gasteiger partial charge on any atom is 0.259 e. The van der Waals surface area contributed by atoms with Gasteiger partial charge in [-0.25, -0.2) is 9.67 Å². The molecule has 0 aliphatic carbocycles. The lowest BCUT2D eigenvalue weighted by Crippen LogP contribution is -2.13. The topological polar surface area (TPSA) is 69.0 Å². The summed E-state index contributed by atoms with van der Waals surface area (Å²) < 4.78 is 6.73. The Kier molecular flexibility index (Phi) is 4.25. The number of pyridine rings is 1. The summed E-state index contributed by atoms with van der Waals surface area (Å²) in [5.74, 6) is 0.854. The van der Waals surface area contributed by atoms with Gasteiger partial charge in [0.2, 0.25) is 0 Å². The van der Waals surface area contributed by atoms with E-state index < -0.39 is 0 Å². The van der Waals surface area contributed by atoms with E-state index in [4.69, 9.17) is 16.3 Å². The van der Waals surface area contributed by atoms with Crippen LogP contribution < -0.4 is 10.1 Å². The maximum absolute atomic E-state index is 12.3. The number of aromatic nitrogens is 3. The van der Waals surface area contributed by atoms with Crippen molar-refractivity contribution in [2.45, 2.75) is 0 Å². The molecule has 0 radical (unpaired) electrons. The van der Waals surface area contributed by atoms with E-state index in [-0.39, 0.29) is 5.91 Å². The van der Waals surface area contributed by atoms with E-state index in [0.717, 1.165) is 0 Å². The quantitative estimate of drug-likeness (QED) is 0.798. The van der Waals surface area contributed by atoms with Crippen LogP contribution in [-0.2, 0) is 0 Å². The molecule has 2 heterocycles. The smallest absolute Gasteiger partial charge is 0.259 e. The van der Waals surface area contributed by atoms with Crippen molar-refractivity contribution in [1.82, 2.24) is 14.8 Å². The lowest BCUT2D eigenvalue weighted by molar-refractivity contribution is 0.102. The van der Waals surface area contributed by atoms with Gasteiger partial charge in [0.1, 0.15) is 5.75 Å². The number of amides is 1. The molecule has 1 amide bonds. The Morgan fingerprint density at radius 2 is 2.04 bits per heavy atom. The molecule has 6 nitrogen and oxygen atoms in total. The minimum atomic E-state index is -0.265.